The van der Waals surface area contributed by atoms with E-state index in [0.29, 0.717) is 42.5 Å². The van der Waals surface area contributed by atoms with Crippen LogP contribution in [0.4, 0.5) is 5.00 Å². The number of anilines is 1. The van der Waals surface area contributed by atoms with Crippen LogP contribution in [-0.2, 0) is 14.8 Å². The number of methoxy groups -OCH3 is 1. The van der Waals surface area contributed by atoms with Crippen LogP contribution in [0.15, 0.2) is 40.6 Å². The average Bonchev–Trinajstić information content (AvgIpc) is 3.15. The van der Waals surface area contributed by atoms with Crippen LogP contribution in [0.1, 0.15) is 5.56 Å². The fourth-order valence-electron chi connectivity index (χ4n) is 2.89. The number of carbonyl (C=O) groups is 1. The molecule has 1 N–H and O–H groups in total. The number of thiophene rings is 1. The molecular formula is C18H20N4O4S2. The van der Waals surface area contributed by atoms with E-state index in [9.17, 15) is 13.2 Å². The second-order valence-corrected chi connectivity index (χ2v) is 9.03. The number of nitrogens with zero attached hydrogens (tertiary/aromatic N) is 3. The van der Waals surface area contributed by atoms with Gasteiger partial charge in [-0.15, -0.1) is 11.3 Å². The number of benzene rings is 1. The van der Waals surface area contributed by atoms with Crippen LogP contribution in [0.2, 0.25) is 0 Å². The zero-order valence-corrected chi connectivity index (χ0v) is 16.9. The van der Waals surface area contributed by atoms with Crippen LogP contribution >= 0.6 is 11.3 Å². The highest BCUT2D eigenvalue weighted by atomic mass is 32.2. The number of rotatable bonds is 6. The first-order chi connectivity index (χ1) is 13.4. The van der Waals surface area contributed by atoms with Gasteiger partial charge in [-0.25, -0.2) is 8.42 Å². The van der Waals surface area contributed by atoms with Gasteiger partial charge in [-0.1, -0.05) is 0 Å². The smallest absolute Gasteiger partial charge is 0.243 e. The predicted octanol–water partition coefficient (Wildman–Crippen LogP) is 1.57. The molecule has 0 spiro atoms. The number of nitrogens with one attached hydrogen (secondary N) is 1. The molecule has 0 radical (unpaired) electrons. The molecule has 3 rings (SSSR count). The minimum absolute atomic E-state index is 0.152. The summed E-state index contributed by atoms with van der Waals surface area (Å²) in [5.41, 5.74) is 0.439. The SMILES string of the molecule is COc1ccc(S(=O)(=O)N2CCN(CC(=O)Nc3sccc3C#N)CC2)cc1. The number of sulfonamides is 1. The maximum absolute atomic E-state index is 12.8. The molecule has 1 fully saturated rings. The van der Waals surface area contributed by atoms with Crippen LogP contribution < -0.4 is 10.1 Å². The molecule has 0 unspecified atom stereocenters. The number of ether oxygens (including phenoxy) is 1. The van der Waals surface area contributed by atoms with E-state index in [2.05, 4.69) is 5.32 Å². The molecule has 1 aliphatic rings. The highest BCUT2D eigenvalue weighted by Crippen LogP contribution is 2.23. The Morgan fingerprint density at radius 3 is 2.50 bits per heavy atom. The van der Waals surface area contributed by atoms with E-state index in [1.807, 2.05) is 11.0 Å². The van der Waals surface area contributed by atoms with Crippen molar-refractivity contribution in [2.75, 3.05) is 45.2 Å². The number of piperazine rings is 1. The summed E-state index contributed by atoms with van der Waals surface area (Å²) in [6.45, 7) is 1.68. The number of hydrogen-bond acceptors (Lipinski definition) is 7. The number of carbonyl (C=O) groups excluding carboxylic acids is 1. The van der Waals surface area contributed by atoms with E-state index in [0.717, 1.165) is 0 Å². The normalized spacial score (nSPS) is 15.7. The summed E-state index contributed by atoms with van der Waals surface area (Å²) in [6, 6.07) is 9.98. The fourth-order valence-corrected chi connectivity index (χ4v) is 5.06. The lowest BCUT2D eigenvalue weighted by Gasteiger charge is -2.33. The minimum atomic E-state index is -3.57. The van der Waals surface area contributed by atoms with Crippen LogP contribution in [-0.4, -0.2) is 63.4 Å². The summed E-state index contributed by atoms with van der Waals surface area (Å²) in [7, 11) is -2.05. The summed E-state index contributed by atoms with van der Waals surface area (Å²) in [4.78, 5) is 14.3. The Bertz CT molecular complexity index is 972. The highest BCUT2D eigenvalue weighted by molar-refractivity contribution is 7.89. The standard InChI is InChI=1S/C18H20N4O4S2/c1-26-15-2-4-16(5-3-15)28(24,25)22-9-7-21(8-10-22)13-17(23)20-18-14(12-19)6-11-27-18/h2-6,11H,7-10,13H2,1H3,(H,20,23). The predicted molar refractivity (Wildman–Crippen MR) is 106 cm³/mol. The molecule has 148 valence electrons. The van der Waals surface area contributed by atoms with Crippen molar-refractivity contribution in [2.24, 2.45) is 0 Å². The molecule has 0 aliphatic carbocycles. The van der Waals surface area contributed by atoms with E-state index < -0.39 is 10.0 Å². The number of nitriles is 1. The van der Waals surface area contributed by atoms with Crippen molar-refractivity contribution in [1.82, 2.24) is 9.21 Å². The van der Waals surface area contributed by atoms with Gasteiger partial charge in [-0.05, 0) is 35.7 Å². The maximum atomic E-state index is 12.8. The monoisotopic (exact) mass is 420 g/mol. The van der Waals surface area contributed by atoms with Crippen LogP contribution in [0.5, 0.6) is 5.75 Å². The second kappa shape index (κ2) is 8.70. The molecule has 1 aromatic carbocycles. The molecule has 2 heterocycles. The Hall–Kier alpha value is -2.45. The second-order valence-electron chi connectivity index (χ2n) is 6.18. The summed E-state index contributed by atoms with van der Waals surface area (Å²) in [5, 5.41) is 14.0. The van der Waals surface area contributed by atoms with Crippen molar-refractivity contribution in [1.29, 1.82) is 5.26 Å². The molecule has 1 aliphatic heterocycles. The Balaban J connectivity index is 1.55. The molecule has 0 bridgehead atoms. The van der Waals surface area contributed by atoms with Crippen LogP contribution in [0, 0.1) is 11.3 Å². The molecule has 8 nitrogen and oxygen atoms in total. The van der Waals surface area contributed by atoms with E-state index in [-0.39, 0.29) is 17.3 Å². The van der Waals surface area contributed by atoms with Crippen molar-refractivity contribution in [3.63, 3.8) is 0 Å². The molecule has 1 saturated heterocycles. The van der Waals surface area contributed by atoms with Gasteiger partial charge >= 0.3 is 0 Å². The number of hydrogen-bond donors (Lipinski definition) is 1. The van der Waals surface area contributed by atoms with Crippen molar-refractivity contribution < 1.29 is 17.9 Å². The molecule has 28 heavy (non-hydrogen) atoms. The van der Waals surface area contributed by atoms with E-state index in [1.54, 1.807) is 23.6 Å². The Morgan fingerprint density at radius 2 is 1.89 bits per heavy atom. The Morgan fingerprint density at radius 1 is 1.21 bits per heavy atom. The molecule has 0 saturated carbocycles. The summed E-state index contributed by atoms with van der Waals surface area (Å²) < 4.78 is 32.0. The lowest BCUT2D eigenvalue weighted by atomic mass is 10.3. The van der Waals surface area contributed by atoms with Gasteiger partial charge in [0.05, 0.1) is 24.1 Å². The summed E-state index contributed by atoms with van der Waals surface area (Å²) in [6.07, 6.45) is 0. The molecule has 10 heteroatoms. The van der Waals surface area contributed by atoms with Crippen LogP contribution in [0.3, 0.4) is 0 Å². The van der Waals surface area contributed by atoms with Crippen molar-refractivity contribution in [2.45, 2.75) is 4.90 Å². The molecule has 1 aromatic heterocycles. The van der Waals surface area contributed by atoms with Crippen LogP contribution in [0.25, 0.3) is 0 Å². The quantitative estimate of drug-likeness (QED) is 0.761. The van der Waals surface area contributed by atoms with Gasteiger partial charge < -0.3 is 10.1 Å². The third kappa shape index (κ3) is 4.51. The van der Waals surface area contributed by atoms with Gasteiger partial charge in [-0.3, -0.25) is 9.69 Å². The molecular weight excluding hydrogens is 400 g/mol. The summed E-state index contributed by atoms with van der Waals surface area (Å²) >= 11 is 1.30. The van der Waals surface area contributed by atoms with E-state index in [1.165, 1.54) is 34.9 Å². The number of amides is 1. The van der Waals surface area contributed by atoms with Crippen molar-refractivity contribution in [3.8, 4) is 11.8 Å². The zero-order valence-electron chi connectivity index (χ0n) is 15.3. The van der Waals surface area contributed by atoms with Gasteiger partial charge in [0.2, 0.25) is 15.9 Å². The van der Waals surface area contributed by atoms with Gasteiger partial charge in [0.25, 0.3) is 0 Å². The van der Waals surface area contributed by atoms with Crippen molar-refractivity contribution in [3.05, 3.63) is 41.3 Å². The largest absolute Gasteiger partial charge is 0.497 e. The fraction of sp³-hybridized carbons (Fsp3) is 0.333. The van der Waals surface area contributed by atoms with Gasteiger partial charge in [0, 0.05) is 26.2 Å². The topological polar surface area (TPSA) is 103 Å². The minimum Gasteiger partial charge on any atom is -0.497 e. The van der Waals surface area contributed by atoms with Gasteiger partial charge in [0.15, 0.2) is 0 Å². The Labute approximate surface area is 168 Å². The molecule has 0 atom stereocenters. The molecule has 1 amide bonds. The lowest BCUT2D eigenvalue weighted by molar-refractivity contribution is -0.117. The van der Waals surface area contributed by atoms with E-state index in [4.69, 9.17) is 10.00 Å². The van der Waals surface area contributed by atoms with Crippen molar-refractivity contribution >= 4 is 32.3 Å². The zero-order chi connectivity index (χ0) is 20.1. The van der Waals surface area contributed by atoms with Gasteiger partial charge in [-0.2, -0.15) is 9.57 Å². The van der Waals surface area contributed by atoms with Gasteiger partial charge in [0.1, 0.15) is 16.8 Å². The first-order valence-corrected chi connectivity index (χ1v) is 10.9. The lowest BCUT2D eigenvalue weighted by Crippen LogP contribution is -2.50. The third-order valence-electron chi connectivity index (χ3n) is 4.43. The first kappa shape index (κ1) is 20.3. The summed E-state index contributed by atoms with van der Waals surface area (Å²) in [5.74, 6) is 0.380. The van der Waals surface area contributed by atoms with E-state index >= 15 is 0 Å². The Kier molecular flexibility index (Phi) is 6.31. The first-order valence-electron chi connectivity index (χ1n) is 8.58. The molecule has 2 aromatic rings. The maximum Gasteiger partial charge on any atom is 0.243 e. The average molecular weight is 421 g/mol. The third-order valence-corrected chi connectivity index (χ3v) is 7.18. The highest BCUT2D eigenvalue weighted by Gasteiger charge is 2.29.